The topological polar surface area (TPSA) is 104 Å². The van der Waals surface area contributed by atoms with Crippen LogP contribution in [0.15, 0.2) is 60.0 Å². The van der Waals surface area contributed by atoms with Gasteiger partial charge in [0.2, 0.25) is 0 Å². The van der Waals surface area contributed by atoms with E-state index in [4.69, 9.17) is 0 Å². The van der Waals surface area contributed by atoms with Gasteiger partial charge in [-0.15, -0.1) is 0 Å². The molecule has 134 valence electrons. The Kier molecular flexibility index (Phi) is 4.52. The lowest BCUT2D eigenvalue weighted by atomic mass is 9.92. The van der Waals surface area contributed by atoms with E-state index in [0.29, 0.717) is 11.3 Å². The van der Waals surface area contributed by atoms with E-state index < -0.39 is 27.5 Å². The minimum Gasteiger partial charge on any atom is -0.320 e. The number of anilines is 1. The molecule has 1 atom stereocenters. The third-order valence-corrected chi connectivity index (χ3v) is 5.02. The van der Waals surface area contributed by atoms with E-state index in [1.165, 1.54) is 18.2 Å². The molecule has 1 unspecified atom stereocenters. The highest BCUT2D eigenvalue weighted by Gasteiger charge is 2.43. The summed E-state index contributed by atoms with van der Waals surface area (Å²) in [6, 6.07) is 14.7. The first kappa shape index (κ1) is 17.7. The lowest BCUT2D eigenvalue weighted by Gasteiger charge is -2.21. The van der Waals surface area contributed by atoms with Crippen LogP contribution in [0.5, 0.6) is 0 Å². The van der Waals surface area contributed by atoms with E-state index in [-0.39, 0.29) is 0 Å². The predicted molar refractivity (Wildman–Crippen MR) is 98.5 cm³/mol. The molecule has 2 aromatic carbocycles. The van der Waals surface area contributed by atoms with Gasteiger partial charge in [-0.1, -0.05) is 42.5 Å². The van der Waals surface area contributed by atoms with Gasteiger partial charge in [-0.25, -0.2) is 13.2 Å². The van der Waals surface area contributed by atoms with Crippen LogP contribution in [-0.4, -0.2) is 20.4 Å². The molecule has 1 fully saturated rings. The molecule has 1 heterocycles. The molecule has 2 aromatic rings. The number of amides is 3. The molecule has 3 amide bonds. The Morgan fingerprint density at radius 2 is 1.65 bits per heavy atom. The maximum absolute atomic E-state index is 12.2. The van der Waals surface area contributed by atoms with Gasteiger partial charge in [0.05, 0.1) is 5.41 Å². The average molecular weight is 371 g/mol. The number of carbonyl (C=O) groups is 2. The van der Waals surface area contributed by atoms with Gasteiger partial charge >= 0.3 is 6.03 Å². The summed E-state index contributed by atoms with van der Waals surface area (Å²) in [6.07, 6.45) is 1.50. The fourth-order valence-electron chi connectivity index (χ4n) is 2.55. The summed E-state index contributed by atoms with van der Waals surface area (Å²) in [6.45, 7) is 1.58. The van der Waals surface area contributed by atoms with Crippen molar-refractivity contribution in [2.24, 2.45) is 0 Å². The number of urea groups is 1. The Hall–Kier alpha value is -3.13. The van der Waals surface area contributed by atoms with Crippen LogP contribution in [0.2, 0.25) is 0 Å². The number of benzene rings is 2. The second-order valence-corrected chi connectivity index (χ2v) is 7.54. The maximum atomic E-state index is 12.2. The predicted octanol–water partition coefficient (Wildman–Crippen LogP) is 2.15. The van der Waals surface area contributed by atoms with Gasteiger partial charge in [-0.3, -0.25) is 14.8 Å². The van der Waals surface area contributed by atoms with E-state index in [2.05, 4.69) is 15.4 Å². The van der Waals surface area contributed by atoms with Gasteiger partial charge < -0.3 is 5.32 Å². The van der Waals surface area contributed by atoms with Crippen molar-refractivity contribution in [3.05, 3.63) is 71.1 Å². The third-order valence-electron chi connectivity index (χ3n) is 4.01. The highest BCUT2D eigenvalue weighted by Crippen LogP contribution is 2.25. The van der Waals surface area contributed by atoms with Crippen LogP contribution in [0.25, 0.3) is 6.08 Å². The molecule has 8 heteroatoms. The minimum atomic E-state index is -3.68. The average Bonchev–Trinajstić information content (AvgIpc) is 2.87. The van der Waals surface area contributed by atoms with E-state index in [1.54, 1.807) is 31.2 Å². The Morgan fingerprint density at radius 3 is 2.23 bits per heavy atom. The van der Waals surface area contributed by atoms with Crippen LogP contribution < -0.4 is 15.4 Å². The molecule has 0 aromatic heterocycles. The molecule has 3 N–H and O–H groups in total. The normalized spacial score (nSPS) is 20.0. The summed E-state index contributed by atoms with van der Waals surface area (Å²) in [5.41, 5.74) is 0.481. The SMILES string of the molecule is CC1(c2ccc(NS(=O)(=O)C=Cc3ccccc3)cc2)NC(=O)NC1=O. The van der Waals surface area contributed by atoms with Gasteiger partial charge in [0.15, 0.2) is 0 Å². The van der Waals surface area contributed by atoms with Crippen LogP contribution in [-0.2, 0) is 20.4 Å². The number of hydrogen-bond acceptors (Lipinski definition) is 4. The molecule has 0 aliphatic carbocycles. The molecule has 0 bridgehead atoms. The van der Waals surface area contributed by atoms with Crippen molar-refractivity contribution in [1.29, 1.82) is 0 Å². The summed E-state index contributed by atoms with van der Waals surface area (Å²) < 4.78 is 26.7. The lowest BCUT2D eigenvalue weighted by Crippen LogP contribution is -2.40. The summed E-state index contributed by atoms with van der Waals surface area (Å²) in [7, 11) is -3.68. The molecule has 3 rings (SSSR count). The second kappa shape index (κ2) is 6.64. The molecule has 1 aliphatic rings. The Bertz CT molecular complexity index is 969. The molecule has 1 saturated heterocycles. The van der Waals surface area contributed by atoms with Gasteiger partial charge in [0, 0.05) is 5.69 Å². The van der Waals surface area contributed by atoms with Crippen LogP contribution in [0.4, 0.5) is 10.5 Å². The van der Waals surface area contributed by atoms with Gasteiger partial charge in [-0.2, -0.15) is 0 Å². The molecule has 0 radical (unpaired) electrons. The van der Waals surface area contributed by atoms with Crippen LogP contribution in [0, 0.1) is 0 Å². The fraction of sp³-hybridized carbons (Fsp3) is 0.111. The number of rotatable bonds is 5. The summed E-state index contributed by atoms with van der Waals surface area (Å²) in [4.78, 5) is 23.3. The first-order chi connectivity index (χ1) is 12.3. The fourth-order valence-corrected chi connectivity index (χ4v) is 3.42. The number of hydrogen-bond donors (Lipinski definition) is 3. The quantitative estimate of drug-likeness (QED) is 0.701. The number of carbonyl (C=O) groups excluding carboxylic acids is 2. The van der Waals surface area contributed by atoms with Crippen LogP contribution in [0.3, 0.4) is 0 Å². The van der Waals surface area contributed by atoms with Gasteiger partial charge in [0.1, 0.15) is 5.54 Å². The molecular weight excluding hydrogens is 354 g/mol. The smallest absolute Gasteiger partial charge is 0.320 e. The first-order valence-electron chi connectivity index (χ1n) is 7.79. The number of nitrogens with one attached hydrogen (secondary N) is 3. The van der Waals surface area contributed by atoms with Gasteiger partial charge in [-0.05, 0) is 36.3 Å². The highest BCUT2D eigenvalue weighted by molar-refractivity contribution is 7.95. The zero-order chi connectivity index (χ0) is 18.8. The van der Waals surface area contributed by atoms with Crippen molar-refractivity contribution in [2.75, 3.05) is 4.72 Å². The second-order valence-electron chi connectivity index (χ2n) is 5.97. The van der Waals surface area contributed by atoms with Crippen molar-refractivity contribution in [2.45, 2.75) is 12.5 Å². The molecule has 26 heavy (non-hydrogen) atoms. The maximum Gasteiger partial charge on any atom is 0.322 e. The number of imide groups is 1. The first-order valence-corrected chi connectivity index (χ1v) is 9.33. The van der Waals surface area contributed by atoms with Crippen molar-refractivity contribution in [1.82, 2.24) is 10.6 Å². The van der Waals surface area contributed by atoms with E-state index >= 15 is 0 Å². The minimum absolute atomic E-state index is 0.347. The summed E-state index contributed by atoms with van der Waals surface area (Å²) in [5.74, 6) is -0.457. The standard InChI is InChI=1S/C18H17N3O4S/c1-18(16(22)19-17(23)20-18)14-7-9-15(10-8-14)21-26(24,25)12-11-13-5-3-2-4-6-13/h2-12,21H,1H3,(H2,19,20,22,23). The van der Waals surface area contributed by atoms with Gasteiger partial charge in [0.25, 0.3) is 15.9 Å². The molecular formula is C18H17N3O4S. The largest absolute Gasteiger partial charge is 0.322 e. The van der Waals surface area contributed by atoms with Crippen molar-refractivity contribution >= 4 is 33.7 Å². The molecule has 0 spiro atoms. The van der Waals surface area contributed by atoms with Crippen molar-refractivity contribution in [3.8, 4) is 0 Å². The van der Waals surface area contributed by atoms with E-state index in [9.17, 15) is 18.0 Å². The number of sulfonamides is 1. The monoisotopic (exact) mass is 371 g/mol. The Labute approximate surface area is 151 Å². The Morgan fingerprint density at radius 1 is 1.00 bits per heavy atom. The molecule has 0 saturated carbocycles. The zero-order valence-corrected chi connectivity index (χ0v) is 14.7. The Balaban J connectivity index is 1.74. The molecule has 1 aliphatic heterocycles. The summed E-state index contributed by atoms with van der Waals surface area (Å²) >= 11 is 0. The zero-order valence-electron chi connectivity index (χ0n) is 13.9. The van der Waals surface area contributed by atoms with Crippen molar-refractivity contribution in [3.63, 3.8) is 0 Å². The third kappa shape index (κ3) is 3.75. The van der Waals surface area contributed by atoms with Crippen molar-refractivity contribution < 1.29 is 18.0 Å². The lowest BCUT2D eigenvalue weighted by molar-refractivity contribution is -0.123. The van der Waals surface area contributed by atoms with E-state index in [0.717, 1.165) is 11.0 Å². The molecule has 7 nitrogen and oxygen atoms in total. The van der Waals surface area contributed by atoms with E-state index in [1.807, 2.05) is 18.2 Å². The highest BCUT2D eigenvalue weighted by atomic mass is 32.2. The summed E-state index contributed by atoms with van der Waals surface area (Å²) in [5, 5.41) is 5.82. The van der Waals surface area contributed by atoms with Crippen LogP contribution in [0.1, 0.15) is 18.1 Å². The van der Waals surface area contributed by atoms with Crippen LogP contribution >= 0.6 is 0 Å².